The zero-order valence-electron chi connectivity index (χ0n) is 16.3. The maximum Gasteiger partial charge on any atom is 0.191 e. The molecule has 0 radical (unpaired) electrons. The Morgan fingerprint density at radius 2 is 2.11 bits per heavy atom. The van der Waals surface area contributed by atoms with Gasteiger partial charge in [-0.25, -0.2) is 9.38 Å². The van der Waals surface area contributed by atoms with Crippen molar-refractivity contribution < 1.29 is 9.50 Å². The first kappa shape index (κ1) is 24.8. The first-order valence-corrected chi connectivity index (χ1v) is 11.6. The van der Waals surface area contributed by atoms with Gasteiger partial charge in [0, 0.05) is 24.1 Å². The second-order valence-electron chi connectivity index (χ2n) is 6.48. The number of hydrogen-bond donors (Lipinski definition) is 3. The van der Waals surface area contributed by atoms with Crippen LogP contribution in [0.2, 0.25) is 0 Å². The minimum Gasteiger partial charge on any atom is -0.387 e. The molecule has 8 heteroatoms. The number of halogens is 2. The Kier molecular flexibility index (Phi) is 11.4. The van der Waals surface area contributed by atoms with E-state index in [2.05, 4.69) is 22.5 Å². The molecule has 1 aliphatic rings. The molecule has 2 atom stereocenters. The summed E-state index contributed by atoms with van der Waals surface area (Å²) in [6.07, 6.45) is 3.90. The monoisotopic (exact) mass is 527 g/mol. The zero-order valence-corrected chi connectivity index (χ0v) is 20.2. The molecule has 3 N–H and O–H groups in total. The number of nitrogens with one attached hydrogen (secondary N) is 2. The Bertz CT molecular complexity index is 621. The first-order valence-electron chi connectivity index (χ1n) is 9.14. The molecule has 0 amide bonds. The van der Waals surface area contributed by atoms with Crippen LogP contribution in [0.1, 0.15) is 37.8 Å². The lowest BCUT2D eigenvalue weighted by molar-refractivity contribution is -0.0198. The molecule has 2 unspecified atom stereocenters. The van der Waals surface area contributed by atoms with Crippen LogP contribution in [0.15, 0.2) is 23.2 Å². The van der Waals surface area contributed by atoms with Crippen molar-refractivity contribution in [2.75, 3.05) is 25.1 Å². The summed E-state index contributed by atoms with van der Waals surface area (Å²) in [4.78, 5) is 4.63. The molecule has 1 saturated carbocycles. The van der Waals surface area contributed by atoms with Gasteiger partial charge in [-0.05, 0) is 55.0 Å². The molecule has 1 aromatic rings. The van der Waals surface area contributed by atoms with Crippen LogP contribution in [0.5, 0.6) is 0 Å². The summed E-state index contributed by atoms with van der Waals surface area (Å²) in [5, 5.41) is 17.5. The van der Waals surface area contributed by atoms with E-state index in [9.17, 15) is 9.50 Å². The molecule has 0 bridgehead atoms. The van der Waals surface area contributed by atoms with E-state index in [1.165, 1.54) is 6.07 Å². The van der Waals surface area contributed by atoms with Crippen LogP contribution in [0.3, 0.4) is 0 Å². The van der Waals surface area contributed by atoms with Crippen molar-refractivity contribution >= 4 is 53.5 Å². The highest BCUT2D eigenvalue weighted by Gasteiger charge is 2.45. The number of hydrogen-bond acceptors (Lipinski definition) is 4. The third kappa shape index (κ3) is 7.29. The highest BCUT2D eigenvalue weighted by molar-refractivity contribution is 14.0. The number of benzene rings is 1. The Balaban J connectivity index is 0.00000364. The van der Waals surface area contributed by atoms with E-state index in [1.54, 1.807) is 23.9 Å². The Morgan fingerprint density at radius 3 is 2.70 bits per heavy atom. The first-order chi connectivity index (χ1) is 12.5. The average Bonchev–Trinajstić information content (AvgIpc) is 2.62. The highest BCUT2D eigenvalue weighted by Crippen LogP contribution is 2.40. The van der Waals surface area contributed by atoms with E-state index in [1.807, 2.05) is 24.9 Å². The Labute approximate surface area is 188 Å². The van der Waals surface area contributed by atoms with Crippen molar-refractivity contribution in [1.29, 1.82) is 0 Å². The summed E-state index contributed by atoms with van der Waals surface area (Å²) < 4.78 is 13.5. The molecule has 2 rings (SSSR count). The number of nitrogens with zero attached hydrogens (tertiary/aromatic N) is 1. The van der Waals surface area contributed by atoms with E-state index < -0.39 is 5.60 Å². The third-order valence-electron chi connectivity index (χ3n) is 4.59. The van der Waals surface area contributed by atoms with Gasteiger partial charge >= 0.3 is 0 Å². The van der Waals surface area contributed by atoms with Gasteiger partial charge in [-0.1, -0.05) is 13.0 Å². The number of guanidine groups is 1. The molecule has 4 nitrogen and oxygen atoms in total. The minimum absolute atomic E-state index is 0. The van der Waals surface area contributed by atoms with Crippen LogP contribution >= 0.6 is 47.5 Å². The van der Waals surface area contributed by atoms with Gasteiger partial charge in [-0.2, -0.15) is 23.5 Å². The molecule has 1 fully saturated rings. The van der Waals surface area contributed by atoms with Gasteiger partial charge in [-0.3, -0.25) is 0 Å². The second kappa shape index (κ2) is 12.4. The number of aliphatic imine (C=N–C) groups is 1. The quantitative estimate of drug-likeness (QED) is 0.258. The van der Waals surface area contributed by atoms with Crippen LogP contribution in [-0.2, 0) is 12.3 Å². The maximum absolute atomic E-state index is 13.5. The van der Waals surface area contributed by atoms with Crippen LogP contribution in [0, 0.1) is 5.82 Å². The summed E-state index contributed by atoms with van der Waals surface area (Å²) in [6.45, 7) is 5.87. The van der Waals surface area contributed by atoms with Gasteiger partial charge < -0.3 is 15.7 Å². The summed E-state index contributed by atoms with van der Waals surface area (Å²) in [7, 11) is 0. The topological polar surface area (TPSA) is 56.7 Å². The van der Waals surface area contributed by atoms with E-state index >= 15 is 0 Å². The molecular formula is C19H31FIN3OS2. The zero-order chi connectivity index (χ0) is 19.0. The predicted molar refractivity (Wildman–Crippen MR) is 128 cm³/mol. The van der Waals surface area contributed by atoms with Crippen molar-refractivity contribution in [2.24, 2.45) is 4.99 Å². The van der Waals surface area contributed by atoms with Crippen LogP contribution < -0.4 is 10.6 Å². The van der Waals surface area contributed by atoms with Gasteiger partial charge in [0.15, 0.2) is 5.96 Å². The largest absolute Gasteiger partial charge is 0.387 e. The fourth-order valence-corrected chi connectivity index (χ4v) is 4.80. The standard InChI is InChI=1S/C19H30FN3OS2.HI/c1-4-21-18(23-13-19(24)9-8-17(19)26-5-2)22-11-14-6-7-16(20)10-15(14)12-25-3;/h6-7,10,17,24H,4-5,8-9,11-13H2,1-3H3,(H2,21,22,23);1H. The SMILES string of the molecule is CCNC(=NCc1ccc(F)cc1CSC)NCC1(O)CCC1SCC.I. The van der Waals surface area contributed by atoms with Crippen molar-refractivity contribution in [3.8, 4) is 0 Å². The van der Waals surface area contributed by atoms with Crippen LogP contribution in [0.25, 0.3) is 0 Å². The number of thioether (sulfide) groups is 2. The minimum atomic E-state index is -0.656. The van der Waals surface area contributed by atoms with Crippen molar-refractivity contribution in [1.82, 2.24) is 10.6 Å². The van der Waals surface area contributed by atoms with Crippen molar-refractivity contribution in [2.45, 2.75) is 49.8 Å². The van der Waals surface area contributed by atoms with Crippen LogP contribution in [0.4, 0.5) is 4.39 Å². The third-order valence-corrected chi connectivity index (χ3v) is 6.60. The van der Waals surface area contributed by atoms with Crippen molar-refractivity contribution in [3.63, 3.8) is 0 Å². The molecule has 0 spiro atoms. The summed E-state index contributed by atoms with van der Waals surface area (Å²) >= 11 is 3.49. The van der Waals surface area contributed by atoms with E-state index in [0.29, 0.717) is 24.3 Å². The van der Waals surface area contributed by atoms with Gasteiger partial charge in [-0.15, -0.1) is 24.0 Å². The summed E-state index contributed by atoms with van der Waals surface area (Å²) in [6, 6.07) is 4.88. The normalized spacial score (nSPS) is 22.0. The molecule has 27 heavy (non-hydrogen) atoms. The average molecular weight is 528 g/mol. The number of aliphatic hydroxyl groups is 1. The molecule has 0 aliphatic heterocycles. The number of rotatable bonds is 9. The molecule has 0 saturated heterocycles. The lowest BCUT2D eigenvalue weighted by atomic mass is 9.79. The van der Waals surface area contributed by atoms with E-state index in [4.69, 9.17) is 0 Å². The Morgan fingerprint density at radius 1 is 1.33 bits per heavy atom. The van der Waals surface area contributed by atoms with Gasteiger partial charge in [0.1, 0.15) is 5.82 Å². The fraction of sp³-hybridized carbons (Fsp3) is 0.632. The summed E-state index contributed by atoms with van der Waals surface area (Å²) in [5.41, 5.74) is 1.35. The Hall–Kier alpha value is -0.190. The molecule has 0 heterocycles. The lowest BCUT2D eigenvalue weighted by Crippen LogP contribution is -2.58. The molecular weight excluding hydrogens is 496 g/mol. The molecule has 1 aliphatic carbocycles. The van der Waals surface area contributed by atoms with Gasteiger partial charge in [0.25, 0.3) is 0 Å². The predicted octanol–water partition coefficient (Wildman–Crippen LogP) is 4.01. The molecule has 1 aromatic carbocycles. The smallest absolute Gasteiger partial charge is 0.191 e. The van der Waals surface area contributed by atoms with E-state index in [0.717, 1.165) is 42.0 Å². The maximum atomic E-state index is 13.5. The fourth-order valence-electron chi connectivity index (χ4n) is 3.02. The molecule has 154 valence electrons. The lowest BCUT2D eigenvalue weighted by Gasteiger charge is -2.45. The van der Waals surface area contributed by atoms with Crippen LogP contribution in [-0.4, -0.2) is 47.0 Å². The van der Waals surface area contributed by atoms with Gasteiger partial charge in [0.2, 0.25) is 0 Å². The van der Waals surface area contributed by atoms with E-state index in [-0.39, 0.29) is 29.8 Å². The second-order valence-corrected chi connectivity index (χ2v) is 8.83. The summed E-state index contributed by atoms with van der Waals surface area (Å²) in [5.74, 6) is 2.26. The molecule has 0 aromatic heterocycles. The van der Waals surface area contributed by atoms with Crippen molar-refractivity contribution in [3.05, 3.63) is 35.1 Å². The van der Waals surface area contributed by atoms with Gasteiger partial charge in [0.05, 0.1) is 12.1 Å². The highest BCUT2D eigenvalue weighted by atomic mass is 127.